The molecule has 0 spiro atoms. The van der Waals surface area contributed by atoms with Gasteiger partial charge in [0.15, 0.2) is 0 Å². The second-order valence-corrected chi connectivity index (χ2v) is 9.58. The number of rotatable bonds is 10. The minimum absolute atomic E-state index is 0.0181. The van der Waals surface area contributed by atoms with E-state index in [9.17, 15) is 31.1 Å². The number of carbonyl (C=O) groups is 1. The molecular formula is C32H27F6NO3. The zero-order chi connectivity index (χ0) is 30.4. The smallest absolute Gasteiger partial charge is 0.406 e. The molecule has 10 heteroatoms. The lowest BCUT2D eigenvalue weighted by Crippen LogP contribution is -2.50. The van der Waals surface area contributed by atoms with E-state index >= 15 is 0 Å². The summed E-state index contributed by atoms with van der Waals surface area (Å²) < 4.78 is 87.4. The standard InChI is InChI=1S/C32H27F6NO3/c1-2-28(23-13-7-4-8-14-23)29(40)39-30(21-22-11-5-3-6-12-22,24-15-9-17-26(19-24)41-31(33,34)35)25-16-10-18-27(20-25)42-32(36,37)38/h3-20,28H,2,21H2,1H3,(H,39,40). The van der Waals surface area contributed by atoms with Crippen LogP contribution in [0.3, 0.4) is 0 Å². The number of alkyl halides is 6. The van der Waals surface area contributed by atoms with Crippen LogP contribution >= 0.6 is 0 Å². The van der Waals surface area contributed by atoms with Gasteiger partial charge in [0.25, 0.3) is 0 Å². The molecule has 4 nitrogen and oxygen atoms in total. The van der Waals surface area contributed by atoms with E-state index < -0.39 is 41.6 Å². The summed E-state index contributed by atoms with van der Waals surface area (Å²) in [4.78, 5) is 14.0. The first-order chi connectivity index (χ1) is 19.9. The zero-order valence-electron chi connectivity index (χ0n) is 22.4. The molecule has 0 aliphatic heterocycles. The van der Waals surface area contributed by atoms with Gasteiger partial charge in [-0.25, -0.2) is 0 Å². The molecule has 0 heterocycles. The SMILES string of the molecule is CCC(C(=O)NC(Cc1ccccc1)(c1cccc(OC(F)(F)F)c1)c1cccc(OC(F)(F)F)c1)c1ccccc1. The third-order valence-electron chi connectivity index (χ3n) is 6.70. The van der Waals surface area contributed by atoms with Crippen molar-refractivity contribution in [2.45, 2.75) is 43.9 Å². The minimum Gasteiger partial charge on any atom is -0.406 e. The predicted molar refractivity (Wildman–Crippen MR) is 145 cm³/mol. The molecule has 0 radical (unpaired) electrons. The van der Waals surface area contributed by atoms with Gasteiger partial charge in [0, 0.05) is 6.42 Å². The van der Waals surface area contributed by atoms with Gasteiger partial charge in [0.2, 0.25) is 5.91 Å². The third kappa shape index (κ3) is 7.84. The van der Waals surface area contributed by atoms with Crippen molar-refractivity contribution in [3.05, 3.63) is 131 Å². The van der Waals surface area contributed by atoms with E-state index in [1.807, 2.05) is 6.92 Å². The lowest BCUT2D eigenvalue weighted by molar-refractivity contribution is -0.275. The predicted octanol–water partition coefficient (Wildman–Crippen LogP) is 8.28. The van der Waals surface area contributed by atoms with E-state index in [0.29, 0.717) is 17.5 Å². The molecule has 1 unspecified atom stereocenters. The van der Waals surface area contributed by atoms with E-state index in [1.165, 1.54) is 24.3 Å². The molecule has 0 aliphatic rings. The number of hydrogen-bond acceptors (Lipinski definition) is 3. The van der Waals surface area contributed by atoms with Crippen molar-refractivity contribution in [1.29, 1.82) is 0 Å². The van der Waals surface area contributed by atoms with Gasteiger partial charge in [-0.2, -0.15) is 0 Å². The van der Waals surface area contributed by atoms with Crippen LogP contribution in [0, 0.1) is 0 Å². The van der Waals surface area contributed by atoms with Gasteiger partial charge in [0.1, 0.15) is 11.5 Å². The molecule has 1 N–H and O–H groups in total. The molecule has 0 aliphatic carbocycles. The molecule has 0 bridgehead atoms. The van der Waals surface area contributed by atoms with Crippen molar-refractivity contribution >= 4 is 5.91 Å². The van der Waals surface area contributed by atoms with E-state index in [2.05, 4.69) is 14.8 Å². The Morgan fingerprint density at radius 1 is 0.690 bits per heavy atom. The van der Waals surface area contributed by atoms with Crippen LogP contribution in [0.5, 0.6) is 11.5 Å². The average molecular weight is 588 g/mol. The third-order valence-corrected chi connectivity index (χ3v) is 6.70. The summed E-state index contributed by atoms with van der Waals surface area (Å²) in [6, 6.07) is 27.8. The maximum absolute atomic E-state index is 14.0. The van der Waals surface area contributed by atoms with Crippen LogP contribution in [0.15, 0.2) is 109 Å². The molecule has 0 saturated heterocycles. The molecular weight excluding hydrogens is 560 g/mol. The second-order valence-electron chi connectivity index (χ2n) is 9.58. The van der Waals surface area contributed by atoms with Crippen LogP contribution in [-0.2, 0) is 16.8 Å². The number of benzene rings is 4. The van der Waals surface area contributed by atoms with Crippen LogP contribution in [0.4, 0.5) is 26.3 Å². The Balaban J connectivity index is 1.94. The summed E-state index contributed by atoms with van der Waals surface area (Å²) >= 11 is 0. The first kappa shape index (κ1) is 30.5. The van der Waals surface area contributed by atoms with E-state index in [1.54, 1.807) is 60.7 Å². The van der Waals surface area contributed by atoms with Crippen molar-refractivity contribution in [1.82, 2.24) is 5.32 Å². The van der Waals surface area contributed by atoms with Gasteiger partial charge >= 0.3 is 12.7 Å². The highest BCUT2D eigenvalue weighted by molar-refractivity contribution is 5.85. The first-order valence-corrected chi connectivity index (χ1v) is 13.0. The Bertz CT molecular complexity index is 1410. The van der Waals surface area contributed by atoms with Crippen LogP contribution in [-0.4, -0.2) is 18.6 Å². The lowest BCUT2D eigenvalue weighted by atomic mass is 9.77. The normalized spacial score (nSPS) is 12.8. The quantitative estimate of drug-likeness (QED) is 0.190. The minimum atomic E-state index is -4.99. The number of hydrogen-bond donors (Lipinski definition) is 1. The van der Waals surface area contributed by atoms with Crippen molar-refractivity contribution in [3.8, 4) is 11.5 Å². The lowest BCUT2D eigenvalue weighted by Gasteiger charge is -2.38. The number of ether oxygens (including phenoxy) is 2. The van der Waals surface area contributed by atoms with Crippen molar-refractivity contribution in [2.75, 3.05) is 0 Å². The molecule has 4 aromatic rings. The van der Waals surface area contributed by atoms with Gasteiger partial charge < -0.3 is 14.8 Å². The number of amides is 1. The molecule has 1 atom stereocenters. The summed E-state index contributed by atoms with van der Waals surface area (Å²) in [7, 11) is 0. The largest absolute Gasteiger partial charge is 0.573 e. The van der Waals surface area contributed by atoms with Crippen LogP contribution in [0.25, 0.3) is 0 Å². The Labute approximate surface area is 238 Å². The molecule has 1 amide bonds. The maximum Gasteiger partial charge on any atom is 0.573 e. The zero-order valence-corrected chi connectivity index (χ0v) is 22.4. The number of nitrogens with one attached hydrogen (secondary N) is 1. The van der Waals surface area contributed by atoms with Crippen LogP contribution in [0.2, 0.25) is 0 Å². The van der Waals surface area contributed by atoms with E-state index in [0.717, 1.165) is 24.3 Å². The van der Waals surface area contributed by atoms with Gasteiger partial charge in [-0.05, 0) is 52.9 Å². The summed E-state index contributed by atoms with van der Waals surface area (Å²) in [5.74, 6) is -2.23. The Kier molecular flexibility index (Phi) is 9.14. The molecule has 0 aromatic heterocycles. The van der Waals surface area contributed by atoms with Gasteiger partial charge in [-0.15, -0.1) is 26.3 Å². The van der Waals surface area contributed by atoms with Crippen LogP contribution < -0.4 is 14.8 Å². The highest BCUT2D eigenvalue weighted by Gasteiger charge is 2.40. The van der Waals surface area contributed by atoms with Crippen LogP contribution in [0.1, 0.15) is 41.5 Å². The molecule has 0 fully saturated rings. The summed E-state index contributed by atoms with van der Waals surface area (Å²) in [6.07, 6.45) is -9.63. The fourth-order valence-electron chi connectivity index (χ4n) is 4.93. The van der Waals surface area contributed by atoms with Gasteiger partial charge in [-0.3, -0.25) is 4.79 Å². The summed E-state index contributed by atoms with van der Waals surface area (Å²) in [5, 5.41) is 3.03. The van der Waals surface area contributed by atoms with E-state index in [-0.39, 0.29) is 17.5 Å². The highest BCUT2D eigenvalue weighted by atomic mass is 19.4. The van der Waals surface area contributed by atoms with Crippen molar-refractivity contribution in [3.63, 3.8) is 0 Å². The molecule has 4 rings (SSSR count). The highest BCUT2D eigenvalue weighted by Crippen LogP contribution is 2.39. The molecule has 0 saturated carbocycles. The van der Waals surface area contributed by atoms with Gasteiger partial charge in [0.05, 0.1) is 11.5 Å². The van der Waals surface area contributed by atoms with E-state index in [4.69, 9.17) is 0 Å². The Hall–Kier alpha value is -4.47. The Morgan fingerprint density at radius 2 is 1.17 bits per heavy atom. The fraction of sp³-hybridized carbons (Fsp3) is 0.219. The number of carbonyl (C=O) groups excluding carboxylic acids is 1. The maximum atomic E-state index is 14.0. The van der Waals surface area contributed by atoms with Crippen molar-refractivity contribution < 1.29 is 40.6 Å². The molecule has 220 valence electrons. The van der Waals surface area contributed by atoms with Gasteiger partial charge in [-0.1, -0.05) is 91.9 Å². The second kappa shape index (κ2) is 12.6. The monoisotopic (exact) mass is 587 g/mol. The summed E-state index contributed by atoms with van der Waals surface area (Å²) in [5.41, 5.74) is 0.0441. The summed E-state index contributed by atoms with van der Waals surface area (Å²) in [6.45, 7) is 1.81. The Morgan fingerprint density at radius 3 is 1.62 bits per heavy atom. The topological polar surface area (TPSA) is 47.6 Å². The molecule has 42 heavy (non-hydrogen) atoms. The fourth-order valence-corrected chi connectivity index (χ4v) is 4.93. The number of halogens is 6. The average Bonchev–Trinajstić information content (AvgIpc) is 2.93. The molecule has 4 aromatic carbocycles. The van der Waals surface area contributed by atoms with Crippen molar-refractivity contribution in [2.24, 2.45) is 0 Å². The first-order valence-electron chi connectivity index (χ1n) is 13.0.